The predicted molar refractivity (Wildman–Crippen MR) is 73.6 cm³/mol. The summed E-state index contributed by atoms with van der Waals surface area (Å²) in [6.45, 7) is 1.92. The van der Waals surface area contributed by atoms with Crippen molar-refractivity contribution in [2.45, 2.75) is 13.0 Å². The van der Waals surface area contributed by atoms with Crippen LogP contribution >= 0.6 is 23.2 Å². The van der Waals surface area contributed by atoms with E-state index in [1.54, 1.807) is 24.3 Å². The molecule has 0 heterocycles. The number of benzene rings is 2. The van der Waals surface area contributed by atoms with Gasteiger partial charge in [-0.05, 0) is 42.3 Å². The van der Waals surface area contributed by atoms with E-state index in [-0.39, 0.29) is 0 Å². The van der Waals surface area contributed by atoms with E-state index in [9.17, 15) is 4.39 Å². The molecule has 0 radical (unpaired) electrons. The second kappa shape index (κ2) is 5.27. The summed E-state index contributed by atoms with van der Waals surface area (Å²) in [5, 5.41) is 0.937. The maximum Gasteiger partial charge on any atom is 0.129 e. The Bertz CT molecular complexity index is 584. The first-order valence-corrected chi connectivity index (χ1v) is 6.21. The molecule has 2 aromatic carbocycles. The zero-order valence-electron chi connectivity index (χ0n) is 9.75. The van der Waals surface area contributed by atoms with Crippen LogP contribution in [0.2, 0.25) is 10.0 Å². The molecule has 1 nitrogen and oxygen atoms in total. The average Bonchev–Trinajstić information content (AvgIpc) is 2.31. The van der Waals surface area contributed by atoms with E-state index in [0.29, 0.717) is 15.6 Å². The third kappa shape index (κ3) is 2.66. The van der Waals surface area contributed by atoms with Crippen LogP contribution in [0.15, 0.2) is 36.4 Å². The number of hydrogen-bond donors (Lipinski definition) is 1. The van der Waals surface area contributed by atoms with Gasteiger partial charge >= 0.3 is 0 Å². The Morgan fingerprint density at radius 1 is 1.00 bits per heavy atom. The minimum atomic E-state index is -0.555. The lowest BCUT2D eigenvalue weighted by atomic mass is 9.95. The van der Waals surface area contributed by atoms with Gasteiger partial charge in [0, 0.05) is 15.6 Å². The van der Waals surface area contributed by atoms with E-state index in [4.69, 9.17) is 28.9 Å². The number of nitrogens with two attached hydrogens (primary N) is 1. The van der Waals surface area contributed by atoms with E-state index in [2.05, 4.69) is 0 Å². The summed E-state index contributed by atoms with van der Waals surface area (Å²) < 4.78 is 13.8. The molecule has 2 aromatic rings. The van der Waals surface area contributed by atoms with Gasteiger partial charge in [-0.1, -0.05) is 35.3 Å². The van der Waals surface area contributed by atoms with Crippen molar-refractivity contribution >= 4 is 23.2 Å². The summed E-state index contributed by atoms with van der Waals surface area (Å²) in [5.41, 5.74) is 8.28. The monoisotopic (exact) mass is 283 g/mol. The van der Waals surface area contributed by atoms with Crippen LogP contribution in [0.25, 0.3) is 0 Å². The zero-order chi connectivity index (χ0) is 13.3. The largest absolute Gasteiger partial charge is 0.320 e. The van der Waals surface area contributed by atoms with Gasteiger partial charge in [-0.25, -0.2) is 4.39 Å². The van der Waals surface area contributed by atoms with Crippen LogP contribution in [0.3, 0.4) is 0 Å². The molecule has 0 saturated heterocycles. The van der Waals surface area contributed by atoms with Crippen LogP contribution in [0.5, 0.6) is 0 Å². The van der Waals surface area contributed by atoms with Crippen molar-refractivity contribution in [1.82, 2.24) is 0 Å². The molecule has 0 aliphatic rings. The molecule has 0 aliphatic heterocycles. The Balaban J connectivity index is 2.47. The Hall–Kier alpha value is -1.09. The predicted octanol–water partition coefficient (Wildman–Crippen LogP) is 4.49. The second-order valence-corrected chi connectivity index (χ2v) is 5.02. The SMILES string of the molecule is Cc1ccc(Cl)cc1C(N)c1ccc(Cl)cc1F. The molecule has 0 aliphatic carbocycles. The Kier molecular flexibility index (Phi) is 3.91. The standard InChI is InChI=1S/C14H12Cl2FN/c1-8-2-3-9(15)6-12(8)14(18)11-5-4-10(16)7-13(11)17/h2-7,14H,18H2,1H3. The number of rotatable bonds is 2. The normalized spacial score (nSPS) is 12.5. The van der Waals surface area contributed by atoms with Crippen LogP contribution in [0, 0.1) is 12.7 Å². The van der Waals surface area contributed by atoms with Crippen LogP contribution in [-0.2, 0) is 0 Å². The van der Waals surface area contributed by atoms with Gasteiger partial charge in [0.15, 0.2) is 0 Å². The first kappa shape index (κ1) is 13.3. The van der Waals surface area contributed by atoms with Crippen molar-refractivity contribution in [3.63, 3.8) is 0 Å². The summed E-state index contributed by atoms with van der Waals surface area (Å²) in [4.78, 5) is 0. The Morgan fingerprint density at radius 2 is 1.61 bits per heavy atom. The molecule has 0 fully saturated rings. The molecule has 2 rings (SSSR count). The third-order valence-corrected chi connectivity index (χ3v) is 3.34. The molecule has 94 valence electrons. The number of hydrogen-bond acceptors (Lipinski definition) is 1. The van der Waals surface area contributed by atoms with Crippen LogP contribution in [0.1, 0.15) is 22.7 Å². The Labute approximate surface area is 115 Å². The molecule has 0 aromatic heterocycles. The van der Waals surface area contributed by atoms with Gasteiger partial charge in [0.2, 0.25) is 0 Å². The van der Waals surface area contributed by atoms with Crippen molar-refractivity contribution in [3.8, 4) is 0 Å². The highest BCUT2D eigenvalue weighted by atomic mass is 35.5. The molecule has 18 heavy (non-hydrogen) atoms. The van der Waals surface area contributed by atoms with Gasteiger partial charge in [-0.15, -0.1) is 0 Å². The lowest BCUT2D eigenvalue weighted by molar-refractivity contribution is 0.599. The topological polar surface area (TPSA) is 26.0 Å². The quantitative estimate of drug-likeness (QED) is 0.864. The van der Waals surface area contributed by atoms with Gasteiger partial charge in [0.25, 0.3) is 0 Å². The van der Waals surface area contributed by atoms with E-state index in [1.807, 2.05) is 13.0 Å². The van der Waals surface area contributed by atoms with Crippen LogP contribution < -0.4 is 5.73 Å². The van der Waals surface area contributed by atoms with Gasteiger partial charge in [0.1, 0.15) is 5.82 Å². The van der Waals surface area contributed by atoms with Crippen molar-refractivity contribution in [2.24, 2.45) is 5.73 Å². The molecule has 0 bridgehead atoms. The van der Waals surface area contributed by atoms with Crippen LogP contribution in [0.4, 0.5) is 4.39 Å². The molecule has 0 saturated carbocycles. The minimum Gasteiger partial charge on any atom is -0.320 e. The third-order valence-electron chi connectivity index (χ3n) is 2.87. The molecular weight excluding hydrogens is 272 g/mol. The van der Waals surface area contributed by atoms with E-state index in [1.165, 1.54) is 6.07 Å². The van der Waals surface area contributed by atoms with Gasteiger partial charge in [-0.2, -0.15) is 0 Å². The fourth-order valence-corrected chi connectivity index (χ4v) is 2.21. The van der Waals surface area contributed by atoms with Crippen molar-refractivity contribution < 1.29 is 4.39 Å². The average molecular weight is 284 g/mol. The highest BCUT2D eigenvalue weighted by molar-refractivity contribution is 6.30. The molecule has 1 atom stereocenters. The summed E-state index contributed by atoms with van der Waals surface area (Å²) in [7, 11) is 0. The molecule has 1 unspecified atom stereocenters. The second-order valence-electron chi connectivity index (χ2n) is 4.14. The van der Waals surface area contributed by atoms with E-state index < -0.39 is 11.9 Å². The molecular formula is C14H12Cl2FN. The smallest absolute Gasteiger partial charge is 0.129 e. The number of aryl methyl sites for hydroxylation is 1. The number of halogens is 3. The van der Waals surface area contributed by atoms with E-state index in [0.717, 1.165) is 11.1 Å². The van der Waals surface area contributed by atoms with Gasteiger partial charge < -0.3 is 5.73 Å². The van der Waals surface area contributed by atoms with Crippen LogP contribution in [-0.4, -0.2) is 0 Å². The van der Waals surface area contributed by atoms with E-state index >= 15 is 0 Å². The zero-order valence-corrected chi connectivity index (χ0v) is 11.3. The van der Waals surface area contributed by atoms with Crippen molar-refractivity contribution in [3.05, 3.63) is 69.0 Å². The van der Waals surface area contributed by atoms with Crippen molar-refractivity contribution in [2.75, 3.05) is 0 Å². The molecule has 0 spiro atoms. The summed E-state index contributed by atoms with van der Waals surface area (Å²) in [6, 6.07) is 9.34. The van der Waals surface area contributed by atoms with Crippen molar-refractivity contribution in [1.29, 1.82) is 0 Å². The van der Waals surface area contributed by atoms with Gasteiger partial charge in [0.05, 0.1) is 6.04 Å². The maximum absolute atomic E-state index is 13.8. The summed E-state index contributed by atoms with van der Waals surface area (Å²) >= 11 is 11.7. The fourth-order valence-electron chi connectivity index (χ4n) is 1.87. The molecule has 2 N–H and O–H groups in total. The minimum absolute atomic E-state index is 0.353. The Morgan fingerprint density at radius 3 is 2.28 bits per heavy atom. The molecule has 4 heteroatoms. The first-order chi connectivity index (χ1) is 8.49. The summed E-state index contributed by atoms with van der Waals surface area (Å²) in [6.07, 6.45) is 0. The highest BCUT2D eigenvalue weighted by Gasteiger charge is 2.16. The summed E-state index contributed by atoms with van der Waals surface area (Å²) in [5.74, 6) is -0.408. The highest BCUT2D eigenvalue weighted by Crippen LogP contribution is 2.28. The molecule has 0 amide bonds. The first-order valence-electron chi connectivity index (χ1n) is 5.45. The van der Waals surface area contributed by atoms with Gasteiger partial charge in [-0.3, -0.25) is 0 Å². The lowest BCUT2D eigenvalue weighted by Gasteiger charge is -2.16. The lowest BCUT2D eigenvalue weighted by Crippen LogP contribution is -2.15. The fraction of sp³-hybridized carbons (Fsp3) is 0.143. The maximum atomic E-state index is 13.8.